The Balaban J connectivity index is 2.20. The van der Waals surface area contributed by atoms with E-state index in [-0.39, 0.29) is 11.9 Å². The summed E-state index contributed by atoms with van der Waals surface area (Å²) in [4.78, 5) is 12.4. The van der Waals surface area contributed by atoms with E-state index in [9.17, 15) is 4.79 Å². The summed E-state index contributed by atoms with van der Waals surface area (Å²) in [6.07, 6.45) is 0.822. The van der Waals surface area contributed by atoms with Gasteiger partial charge in [0.25, 0.3) is 5.91 Å². The zero-order valence-electron chi connectivity index (χ0n) is 12.2. The highest BCUT2D eigenvalue weighted by atomic mass is 79.9. The first-order chi connectivity index (χ1) is 10.0. The lowest BCUT2D eigenvalue weighted by Gasteiger charge is -2.18. The van der Waals surface area contributed by atoms with Crippen LogP contribution in [0.2, 0.25) is 0 Å². The van der Waals surface area contributed by atoms with Crippen LogP contribution in [0, 0.1) is 6.92 Å². The lowest BCUT2D eigenvalue weighted by molar-refractivity contribution is 0.0936. The Kier molecular flexibility index (Phi) is 5.02. The van der Waals surface area contributed by atoms with E-state index in [2.05, 4.69) is 40.3 Å². The topological polar surface area (TPSA) is 55.1 Å². The Morgan fingerprint density at radius 1 is 1.24 bits per heavy atom. The van der Waals surface area contributed by atoms with Crippen molar-refractivity contribution in [2.75, 3.05) is 5.73 Å². The van der Waals surface area contributed by atoms with Crippen molar-refractivity contribution in [3.63, 3.8) is 0 Å². The van der Waals surface area contributed by atoms with Gasteiger partial charge in [-0.1, -0.05) is 52.7 Å². The van der Waals surface area contributed by atoms with Crippen molar-refractivity contribution in [3.05, 3.63) is 63.6 Å². The number of hydrogen-bond donors (Lipinski definition) is 2. The third-order valence-electron chi connectivity index (χ3n) is 3.45. The summed E-state index contributed by atoms with van der Waals surface area (Å²) in [5.74, 6) is -0.152. The van der Waals surface area contributed by atoms with Gasteiger partial charge in [0.15, 0.2) is 0 Å². The van der Waals surface area contributed by atoms with Gasteiger partial charge >= 0.3 is 0 Å². The second kappa shape index (κ2) is 6.76. The Hall–Kier alpha value is -1.81. The SMILES string of the molecule is CCC(NC(=O)c1cc(Br)ccc1N)c1ccc(C)cc1. The molecule has 0 saturated carbocycles. The van der Waals surface area contributed by atoms with Gasteiger partial charge in [-0.2, -0.15) is 0 Å². The monoisotopic (exact) mass is 346 g/mol. The molecule has 1 unspecified atom stereocenters. The summed E-state index contributed by atoms with van der Waals surface area (Å²) >= 11 is 3.37. The number of amides is 1. The molecule has 0 saturated heterocycles. The average Bonchev–Trinajstić information content (AvgIpc) is 2.48. The molecule has 0 spiro atoms. The fourth-order valence-electron chi connectivity index (χ4n) is 2.18. The van der Waals surface area contributed by atoms with Gasteiger partial charge in [0.1, 0.15) is 0 Å². The van der Waals surface area contributed by atoms with Gasteiger partial charge in [-0.25, -0.2) is 0 Å². The minimum Gasteiger partial charge on any atom is -0.398 e. The van der Waals surface area contributed by atoms with Gasteiger partial charge < -0.3 is 11.1 Å². The largest absolute Gasteiger partial charge is 0.398 e. The maximum absolute atomic E-state index is 12.4. The second-order valence-electron chi connectivity index (χ2n) is 5.08. The highest BCUT2D eigenvalue weighted by Gasteiger charge is 2.16. The summed E-state index contributed by atoms with van der Waals surface area (Å²) in [6, 6.07) is 13.5. The number of nitrogen functional groups attached to an aromatic ring is 1. The van der Waals surface area contributed by atoms with Gasteiger partial charge in [-0.3, -0.25) is 4.79 Å². The van der Waals surface area contributed by atoms with Crippen molar-refractivity contribution >= 4 is 27.5 Å². The molecule has 0 aliphatic heterocycles. The molecule has 110 valence electrons. The minimum absolute atomic E-state index is 0.0171. The van der Waals surface area contributed by atoms with E-state index in [1.165, 1.54) is 5.56 Å². The van der Waals surface area contributed by atoms with Crippen molar-refractivity contribution < 1.29 is 4.79 Å². The lowest BCUT2D eigenvalue weighted by Crippen LogP contribution is -2.28. The predicted molar refractivity (Wildman–Crippen MR) is 90.2 cm³/mol. The molecule has 3 N–H and O–H groups in total. The molecule has 0 bridgehead atoms. The first-order valence-corrected chi connectivity index (χ1v) is 7.73. The van der Waals surface area contributed by atoms with E-state index in [4.69, 9.17) is 5.73 Å². The molecule has 2 rings (SSSR count). The van der Waals surface area contributed by atoms with Crippen molar-refractivity contribution in [1.29, 1.82) is 0 Å². The van der Waals surface area contributed by atoms with E-state index >= 15 is 0 Å². The average molecular weight is 347 g/mol. The number of halogens is 1. The summed E-state index contributed by atoms with van der Waals surface area (Å²) in [6.45, 7) is 4.10. The molecule has 0 heterocycles. The normalized spacial score (nSPS) is 12.0. The molecule has 1 amide bonds. The molecular formula is C17H19BrN2O. The number of aryl methyl sites for hydroxylation is 1. The van der Waals surface area contributed by atoms with E-state index in [0.717, 1.165) is 16.5 Å². The number of nitrogens with one attached hydrogen (secondary N) is 1. The first kappa shape index (κ1) is 15.6. The molecule has 21 heavy (non-hydrogen) atoms. The summed E-state index contributed by atoms with van der Waals surface area (Å²) < 4.78 is 0.838. The van der Waals surface area contributed by atoms with E-state index in [0.29, 0.717) is 11.3 Å². The van der Waals surface area contributed by atoms with Crippen LogP contribution in [0.4, 0.5) is 5.69 Å². The summed E-state index contributed by atoms with van der Waals surface area (Å²) in [5, 5.41) is 3.05. The summed E-state index contributed by atoms with van der Waals surface area (Å²) in [5.41, 5.74) is 9.17. The standard InChI is InChI=1S/C17H19BrN2O/c1-3-16(12-6-4-11(2)5-7-12)20-17(21)14-10-13(18)8-9-15(14)19/h4-10,16H,3,19H2,1-2H3,(H,20,21). The van der Waals surface area contributed by atoms with Crippen molar-refractivity contribution in [3.8, 4) is 0 Å². The number of nitrogens with two attached hydrogens (primary N) is 1. The molecular weight excluding hydrogens is 328 g/mol. The van der Waals surface area contributed by atoms with Gasteiger partial charge in [0.05, 0.1) is 11.6 Å². The van der Waals surface area contributed by atoms with Gasteiger partial charge in [0, 0.05) is 10.2 Å². The Morgan fingerprint density at radius 3 is 2.52 bits per heavy atom. The fraction of sp³-hybridized carbons (Fsp3) is 0.235. The second-order valence-corrected chi connectivity index (χ2v) is 5.99. The number of carbonyl (C=O) groups is 1. The van der Waals surface area contributed by atoms with Crippen LogP contribution in [0.5, 0.6) is 0 Å². The van der Waals surface area contributed by atoms with Gasteiger partial charge in [0.2, 0.25) is 0 Å². The molecule has 4 heteroatoms. The fourth-order valence-corrected chi connectivity index (χ4v) is 2.54. The van der Waals surface area contributed by atoms with Gasteiger partial charge in [-0.15, -0.1) is 0 Å². The number of rotatable bonds is 4. The maximum Gasteiger partial charge on any atom is 0.253 e. The van der Waals surface area contributed by atoms with Crippen LogP contribution in [0.15, 0.2) is 46.9 Å². The van der Waals surface area contributed by atoms with Crippen LogP contribution in [0.25, 0.3) is 0 Å². The number of hydrogen-bond acceptors (Lipinski definition) is 2. The van der Waals surface area contributed by atoms with Crippen LogP contribution >= 0.6 is 15.9 Å². The zero-order chi connectivity index (χ0) is 15.4. The van der Waals surface area contributed by atoms with Crippen LogP contribution in [-0.2, 0) is 0 Å². The molecule has 0 radical (unpaired) electrons. The molecule has 1 atom stereocenters. The van der Waals surface area contributed by atoms with Crippen LogP contribution < -0.4 is 11.1 Å². The Bertz CT molecular complexity index is 638. The highest BCUT2D eigenvalue weighted by molar-refractivity contribution is 9.10. The lowest BCUT2D eigenvalue weighted by atomic mass is 10.0. The van der Waals surface area contributed by atoms with Crippen LogP contribution in [0.1, 0.15) is 40.9 Å². The molecule has 0 aliphatic rings. The Morgan fingerprint density at radius 2 is 1.90 bits per heavy atom. The number of anilines is 1. The smallest absolute Gasteiger partial charge is 0.253 e. The first-order valence-electron chi connectivity index (χ1n) is 6.93. The molecule has 0 aromatic heterocycles. The van der Waals surface area contributed by atoms with E-state index in [1.807, 2.05) is 25.1 Å². The highest BCUT2D eigenvalue weighted by Crippen LogP contribution is 2.21. The summed E-state index contributed by atoms with van der Waals surface area (Å²) in [7, 11) is 0. The molecule has 0 fully saturated rings. The predicted octanol–water partition coefficient (Wildman–Crippen LogP) is 4.22. The third kappa shape index (κ3) is 3.85. The Labute approximate surface area is 133 Å². The number of benzene rings is 2. The van der Waals surface area contributed by atoms with Crippen LogP contribution in [0.3, 0.4) is 0 Å². The van der Waals surface area contributed by atoms with Crippen molar-refractivity contribution in [2.45, 2.75) is 26.3 Å². The molecule has 0 aliphatic carbocycles. The zero-order valence-corrected chi connectivity index (χ0v) is 13.8. The molecule has 3 nitrogen and oxygen atoms in total. The van der Waals surface area contributed by atoms with Crippen LogP contribution in [-0.4, -0.2) is 5.91 Å². The van der Waals surface area contributed by atoms with Crippen molar-refractivity contribution in [1.82, 2.24) is 5.32 Å². The maximum atomic E-state index is 12.4. The van der Waals surface area contributed by atoms with E-state index < -0.39 is 0 Å². The number of carbonyl (C=O) groups excluding carboxylic acids is 1. The minimum atomic E-state index is -0.152. The molecule has 2 aromatic carbocycles. The molecule has 2 aromatic rings. The van der Waals surface area contributed by atoms with Crippen molar-refractivity contribution in [2.24, 2.45) is 0 Å². The quantitative estimate of drug-likeness (QED) is 0.814. The van der Waals surface area contributed by atoms with Gasteiger partial charge in [-0.05, 0) is 37.1 Å². The third-order valence-corrected chi connectivity index (χ3v) is 3.95. The van der Waals surface area contributed by atoms with E-state index in [1.54, 1.807) is 12.1 Å².